The summed E-state index contributed by atoms with van der Waals surface area (Å²) in [7, 11) is 0. The van der Waals surface area contributed by atoms with E-state index in [9.17, 15) is 24.0 Å². The average Bonchev–Trinajstić information content (AvgIpc) is 2.98. The van der Waals surface area contributed by atoms with Crippen LogP contribution in [-0.4, -0.2) is 60.1 Å². The average molecular weight is 561 g/mol. The molecular weight excluding hydrogens is 528 g/mol. The van der Waals surface area contributed by atoms with Crippen LogP contribution in [0.5, 0.6) is 0 Å². The van der Waals surface area contributed by atoms with E-state index in [1.807, 2.05) is 24.3 Å². The van der Waals surface area contributed by atoms with Crippen molar-refractivity contribution in [3.63, 3.8) is 0 Å². The van der Waals surface area contributed by atoms with Gasteiger partial charge in [-0.25, -0.2) is 4.79 Å². The summed E-state index contributed by atoms with van der Waals surface area (Å²) in [6.07, 6.45) is -0.548. The second-order valence-corrected chi connectivity index (χ2v) is 9.09. The highest BCUT2D eigenvalue weighted by Crippen LogP contribution is 2.06. The van der Waals surface area contributed by atoms with Gasteiger partial charge in [-0.05, 0) is 16.7 Å². The molecule has 3 aromatic rings. The van der Waals surface area contributed by atoms with Crippen LogP contribution in [0.25, 0.3) is 0 Å². The molecule has 0 bridgehead atoms. The third-order valence-electron chi connectivity index (χ3n) is 5.88. The van der Waals surface area contributed by atoms with Gasteiger partial charge in [-0.1, -0.05) is 91.0 Å². The number of hydrogen-bond donors (Lipinski definition) is 5. The molecule has 0 aliphatic heterocycles. The molecule has 0 spiro atoms. The van der Waals surface area contributed by atoms with Crippen LogP contribution in [0.3, 0.4) is 0 Å². The molecule has 4 amide bonds. The molecule has 11 nitrogen and oxygen atoms in total. The van der Waals surface area contributed by atoms with Crippen LogP contribution in [0.1, 0.15) is 16.7 Å². The number of aliphatic carboxylic acids is 1. The molecule has 214 valence electrons. The lowest BCUT2D eigenvalue weighted by atomic mass is 10.0. The SMILES string of the molecule is O=C(O)CNC(=O)[C@H](Cc1ccccc1)NC(=O)CNC(=O)[C@H](Cc1ccccc1)NC(=O)OCc1ccccc1. The number of hydrogen-bond acceptors (Lipinski definition) is 6. The number of amides is 4. The Labute approximate surface area is 237 Å². The molecule has 0 unspecified atom stereocenters. The topological polar surface area (TPSA) is 163 Å². The number of nitrogens with one attached hydrogen (secondary N) is 4. The highest BCUT2D eigenvalue weighted by atomic mass is 16.5. The summed E-state index contributed by atoms with van der Waals surface area (Å²) in [4.78, 5) is 61.7. The number of ether oxygens (including phenoxy) is 1. The van der Waals surface area contributed by atoms with E-state index >= 15 is 0 Å². The minimum absolute atomic E-state index is 0.0154. The fraction of sp³-hybridized carbons (Fsp3) is 0.233. The van der Waals surface area contributed by atoms with Gasteiger partial charge >= 0.3 is 12.1 Å². The molecule has 5 N–H and O–H groups in total. The maximum atomic E-state index is 13.0. The predicted octanol–water partition coefficient (Wildman–Crippen LogP) is 1.57. The Morgan fingerprint density at radius 3 is 1.54 bits per heavy atom. The number of carbonyl (C=O) groups excluding carboxylic acids is 4. The molecule has 0 radical (unpaired) electrons. The number of carboxylic acids is 1. The van der Waals surface area contributed by atoms with E-state index in [0.717, 1.165) is 16.7 Å². The molecule has 11 heteroatoms. The first kappa shape index (κ1) is 30.4. The number of benzene rings is 3. The first-order chi connectivity index (χ1) is 19.8. The molecule has 2 atom stereocenters. The first-order valence-corrected chi connectivity index (χ1v) is 12.9. The van der Waals surface area contributed by atoms with Gasteiger partial charge in [0.2, 0.25) is 17.7 Å². The summed E-state index contributed by atoms with van der Waals surface area (Å²) in [6.45, 7) is -1.08. The molecule has 0 heterocycles. The molecule has 41 heavy (non-hydrogen) atoms. The standard InChI is InChI=1S/C30H32N4O7/c35-26(33-24(28(38)32-19-27(36)37)16-21-10-4-1-5-11-21)18-31-29(39)25(17-22-12-6-2-7-13-22)34-30(40)41-20-23-14-8-3-9-15-23/h1-15,24-25H,16-20H2,(H,31,39)(H,32,38)(H,33,35)(H,34,40)(H,36,37)/t24-,25-/m0/s1. The highest BCUT2D eigenvalue weighted by molar-refractivity contribution is 5.93. The zero-order valence-corrected chi connectivity index (χ0v) is 22.2. The van der Waals surface area contributed by atoms with E-state index in [1.54, 1.807) is 66.7 Å². The molecule has 0 aliphatic rings. The summed E-state index contributed by atoms with van der Waals surface area (Å²) in [5.41, 5.74) is 2.30. The molecule has 0 saturated heterocycles. The molecule has 3 aromatic carbocycles. The molecule has 0 aromatic heterocycles. The minimum Gasteiger partial charge on any atom is -0.480 e. The second-order valence-electron chi connectivity index (χ2n) is 9.09. The largest absolute Gasteiger partial charge is 0.480 e. The van der Waals surface area contributed by atoms with Crippen molar-refractivity contribution in [1.82, 2.24) is 21.3 Å². The van der Waals surface area contributed by atoms with E-state index in [-0.39, 0.29) is 19.4 Å². The van der Waals surface area contributed by atoms with Crippen molar-refractivity contribution >= 4 is 29.8 Å². The Bertz CT molecular complexity index is 1300. The van der Waals surface area contributed by atoms with Gasteiger partial charge in [0.1, 0.15) is 25.2 Å². The quantitative estimate of drug-likeness (QED) is 0.200. The van der Waals surface area contributed by atoms with Crippen LogP contribution >= 0.6 is 0 Å². The Hall–Kier alpha value is -5.19. The van der Waals surface area contributed by atoms with Gasteiger partial charge < -0.3 is 31.1 Å². The predicted molar refractivity (Wildman–Crippen MR) is 149 cm³/mol. The highest BCUT2D eigenvalue weighted by Gasteiger charge is 2.25. The van der Waals surface area contributed by atoms with Gasteiger partial charge in [0.05, 0.1) is 6.54 Å². The van der Waals surface area contributed by atoms with Crippen molar-refractivity contribution in [2.75, 3.05) is 13.1 Å². The zero-order valence-electron chi connectivity index (χ0n) is 22.2. The fourth-order valence-corrected chi connectivity index (χ4v) is 3.85. The maximum absolute atomic E-state index is 13.0. The molecular formula is C30H32N4O7. The summed E-state index contributed by atoms with van der Waals surface area (Å²) < 4.78 is 5.25. The van der Waals surface area contributed by atoms with Crippen molar-refractivity contribution < 1.29 is 33.8 Å². The summed E-state index contributed by atoms with van der Waals surface area (Å²) in [5.74, 6) is -3.21. The zero-order chi connectivity index (χ0) is 29.5. The third-order valence-corrected chi connectivity index (χ3v) is 5.88. The number of carbonyl (C=O) groups is 5. The van der Waals surface area contributed by atoms with Crippen molar-refractivity contribution in [3.8, 4) is 0 Å². The Morgan fingerprint density at radius 1 is 0.610 bits per heavy atom. The van der Waals surface area contributed by atoms with E-state index < -0.39 is 55.0 Å². The smallest absolute Gasteiger partial charge is 0.408 e. The van der Waals surface area contributed by atoms with Crippen molar-refractivity contribution in [3.05, 3.63) is 108 Å². The van der Waals surface area contributed by atoms with Crippen molar-refractivity contribution in [2.45, 2.75) is 31.5 Å². The first-order valence-electron chi connectivity index (χ1n) is 12.9. The molecule has 0 fully saturated rings. The summed E-state index contributed by atoms with van der Waals surface area (Å²) >= 11 is 0. The lowest BCUT2D eigenvalue weighted by molar-refractivity contribution is -0.138. The number of rotatable bonds is 14. The fourth-order valence-electron chi connectivity index (χ4n) is 3.85. The van der Waals surface area contributed by atoms with Crippen LogP contribution in [0.4, 0.5) is 4.79 Å². The second kappa shape index (κ2) is 16.0. The van der Waals surface area contributed by atoms with Gasteiger partial charge in [0.25, 0.3) is 0 Å². The number of alkyl carbamates (subject to hydrolysis) is 1. The minimum atomic E-state index is -1.23. The Balaban J connectivity index is 1.60. The lowest BCUT2D eigenvalue weighted by Gasteiger charge is -2.20. The van der Waals surface area contributed by atoms with Gasteiger partial charge in [-0.2, -0.15) is 0 Å². The monoisotopic (exact) mass is 560 g/mol. The Kier molecular flexibility index (Phi) is 11.9. The maximum Gasteiger partial charge on any atom is 0.408 e. The van der Waals surface area contributed by atoms with Crippen LogP contribution < -0.4 is 21.3 Å². The lowest BCUT2D eigenvalue weighted by Crippen LogP contribution is -2.53. The molecule has 0 aliphatic carbocycles. The summed E-state index contributed by atoms with van der Waals surface area (Å²) in [6, 6.07) is 24.8. The summed E-state index contributed by atoms with van der Waals surface area (Å²) in [5, 5.41) is 18.7. The van der Waals surface area contributed by atoms with Crippen LogP contribution in [0.15, 0.2) is 91.0 Å². The Morgan fingerprint density at radius 2 is 1.05 bits per heavy atom. The van der Waals surface area contributed by atoms with Crippen LogP contribution in [0.2, 0.25) is 0 Å². The number of carboxylic acid groups (broad SMARTS) is 1. The third kappa shape index (κ3) is 11.2. The molecule has 0 saturated carbocycles. The van der Waals surface area contributed by atoms with Gasteiger partial charge in [-0.15, -0.1) is 0 Å². The van der Waals surface area contributed by atoms with Gasteiger partial charge in [0.15, 0.2) is 0 Å². The van der Waals surface area contributed by atoms with E-state index in [4.69, 9.17) is 9.84 Å². The van der Waals surface area contributed by atoms with Crippen LogP contribution in [-0.2, 0) is 43.4 Å². The van der Waals surface area contributed by atoms with E-state index in [0.29, 0.717) is 0 Å². The van der Waals surface area contributed by atoms with Crippen molar-refractivity contribution in [1.29, 1.82) is 0 Å². The van der Waals surface area contributed by atoms with Crippen molar-refractivity contribution in [2.24, 2.45) is 0 Å². The molecule has 3 rings (SSSR count). The van der Waals surface area contributed by atoms with E-state index in [2.05, 4.69) is 21.3 Å². The van der Waals surface area contributed by atoms with E-state index in [1.165, 1.54) is 0 Å². The normalized spacial score (nSPS) is 11.8. The van der Waals surface area contributed by atoms with Crippen LogP contribution in [0, 0.1) is 0 Å². The van der Waals surface area contributed by atoms with Gasteiger partial charge in [-0.3, -0.25) is 19.2 Å². The van der Waals surface area contributed by atoms with Gasteiger partial charge in [0, 0.05) is 12.8 Å².